The van der Waals surface area contributed by atoms with Gasteiger partial charge in [0, 0.05) is 31.9 Å². The molecule has 6 heteroatoms. The van der Waals surface area contributed by atoms with Crippen LogP contribution in [0.25, 0.3) is 6.20 Å². The van der Waals surface area contributed by atoms with Gasteiger partial charge in [0.1, 0.15) is 5.82 Å². The Morgan fingerprint density at radius 1 is 1.28 bits per heavy atom. The second-order valence-corrected chi connectivity index (χ2v) is 6.73. The van der Waals surface area contributed by atoms with Crippen LogP contribution < -0.4 is 5.73 Å². The molecule has 1 aromatic carbocycles. The molecular formula is C19H22N6. The normalized spacial score (nSPS) is 20.0. The van der Waals surface area contributed by atoms with E-state index in [4.69, 9.17) is 5.73 Å². The van der Waals surface area contributed by atoms with Gasteiger partial charge in [0.25, 0.3) is 0 Å². The topological polar surface area (TPSA) is 74.1 Å². The highest BCUT2D eigenvalue weighted by atomic mass is 15.4. The van der Waals surface area contributed by atoms with E-state index in [0.717, 1.165) is 55.1 Å². The van der Waals surface area contributed by atoms with E-state index >= 15 is 0 Å². The summed E-state index contributed by atoms with van der Waals surface area (Å²) in [7, 11) is 0. The van der Waals surface area contributed by atoms with Crippen molar-refractivity contribution in [2.75, 3.05) is 13.1 Å². The fraction of sp³-hybridized carbons (Fsp3) is 0.368. The first-order valence-corrected chi connectivity index (χ1v) is 8.72. The molecule has 0 radical (unpaired) electrons. The molecule has 0 amide bonds. The number of rotatable bonds is 3. The molecule has 3 heterocycles. The monoisotopic (exact) mass is 334 g/mol. The standard InChI is InChI=1S/C19H22N6/c20-10-15-4-1-2-5-16(15)11-24-13-18-7-8-22-25(18)14-19(24)23-9-3-6-17(21)12-23/h1-2,4-5,7-8,14,17H,3,6,9,11-13,21H2/t17-/m1/s1. The number of likely N-dealkylation sites (tertiary alicyclic amines) is 1. The van der Waals surface area contributed by atoms with E-state index in [1.54, 1.807) is 0 Å². The molecule has 1 atom stereocenters. The van der Waals surface area contributed by atoms with Crippen molar-refractivity contribution in [3.63, 3.8) is 0 Å². The van der Waals surface area contributed by atoms with Crippen LogP contribution in [-0.2, 0) is 13.1 Å². The Morgan fingerprint density at radius 2 is 2.16 bits per heavy atom. The van der Waals surface area contributed by atoms with Gasteiger partial charge in [-0.25, -0.2) is 4.68 Å². The highest BCUT2D eigenvalue weighted by molar-refractivity contribution is 5.39. The zero-order valence-corrected chi connectivity index (χ0v) is 14.2. The average Bonchev–Trinajstić information content (AvgIpc) is 3.09. The van der Waals surface area contributed by atoms with Gasteiger partial charge < -0.3 is 15.5 Å². The third kappa shape index (κ3) is 3.11. The summed E-state index contributed by atoms with van der Waals surface area (Å²) >= 11 is 0. The van der Waals surface area contributed by atoms with Crippen molar-refractivity contribution in [3.05, 3.63) is 59.2 Å². The number of aromatic nitrogens is 2. The fourth-order valence-electron chi connectivity index (χ4n) is 3.66. The van der Waals surface area contributed by atoms with Crippen molar-refractivity contribution >= 4 is 6.20 Å². The smallest absolute Gasteiger partial charge is 0.124 e. The molecule has 0 saturated carbocycles. The van der Waals surface area contributed by atoms with Gasteiger partial charge in [-0.15, -0.1) is 0 Å². The molecule has 128 valence electrons. The van der Waals surface area contributed by atoms with Crippen molar-refractivity contribution in [1.82, 2.24) is 19.6 Å². The minimum atomic E-state index is 0.210. The van der Waals surface area contributed by atoms with E-state index in [1.165, 1.54) is 0 Å². The minimum Gasteiger partial charge on any atom is -0.355 e. The van der Waals surface area contributed by atoms with Crippen LogP contribution in [0.2, 0.25) is 0 Å². The van der Waals surface area contributed by atoms with Crippen molar-refractivity contribution in [1.29, 1.82) is 5.26 Å². The van der Waals surface area contributed by atoms with E-state index in [9.17, 15) is 5.26 Å². The van der Waals surface area contributed by atoms with Crippen LogP contribution in [0, 0.1) is 11.3 Å². The highest BCUT2D eigenvalue weighted by Gasteiger charge is 2.27. The zero-order valence-electron chi connectivity index (χ0n) is 14.2. The van der Waals surface area contributed by atoms with E-state index in [1.807, 2.05) is 41.2 Å². The molecule has 2 N–H and O–H groups in total. The Hall–Kier alpha value is -2.78. The van der Waals surface area contributed by atoms with Gasteiger partial charge in [0.2, 0.25) is 0 Å². The van der Waals surface area contributed by atoms with Crippen LogP contribution in [0.4, 0.5) is 0 Å². The third-order valence-corrected chi connectivity index (χ3v) is 4.95. The first kappa shape index (κ1) is 15.7. The summed E-state index contributed by atoms with van der Waals surface area (Å²) in [6.07, 6.45) is 6.10. The molecule has 2 aliphatic rings. The molecule has 1 aromatic heterocycles. The van der Waals surface area contributed by atoms with Crippen molar-refractivity contribution < 1.29 is 0 Å². The van der Waals surface area contributed by atoms with Crippen LogP contribution in [0.15, 0.2) is 42.3 Å². The maximum absolute atomic E-state index is 9.40. The number of nitriles is 1. The van der Waals surface area contributed by atoms with E-state index in [0.29, 0.717) is 6.54 Å². The summed E-state index contributed by atoms with van der Waals surface area (Å²) in [5, 5.41) is 13.8. The molecule has 25 heavy (non-hydrogen) atoms. The van der Waals surface area contributed by atoms with Crippen molar-refractivity contribution in [3.8, 4) is 6.07 Å². The van der Waals surface area contributed by atoms with Gasteiger partial charge in [-0.2, -0.15) is 10.4 Å². The summed E-state index contributed by atoms with van der Waals surface area (Å²) in [5.74, 6) is 1.14. The van der Waals surface area contributed by atoms with Gasteiger partial charge in [0.05, 0.1) is 30.1 Å². The molecular weight excluding hydrogens is 312 g/mol. The van der Waals surface area contributed by atoms with Crippen LogP contribution in [-0.4, -0.2) is 38.7 Å². The predicted octanol–water partition coefficient (Wildman–Crippen LogP) is 1.95. The second kappa shape index (κ2) is 6.61. The summed E-state index contributed by atoms with van der Waals surface area (Å²) in [6.45, 7) is 3.34. The van der Waals surface area contributed by atoms with Gasteiger partial charge in [-0.3, -0.25) is 0 Å². The van der Waals surface area contributed by atoms with Crippen LogP contribution in [0.3, 0.4) is 0 Å². The molecule has 0 spiro atoms. The molecule has 2 aliphatic heterocycles. The summed E-state index contributed by atoms with van der Waals surface area (Å²) in [6, 6.07) is 12.4. The lowest BCUT2D eigenvalue weighted by Gasteiger charge is -2.41. The lowest BCUT2D eigenvalue weighted by Crippen LogP contribution is -2.47. The highest BCUT2D eigenvalue weighted by Crippen LogP contribution is 2.26. The lowest BCUT2D eigenvalue weighted by atomic mass is 10.1. The maximum atomic E-state index is 9.40. The maximum Gasteiger partial charge on any atom is 0.124 e. The Kier molecular flexibility index (Phi) is 4.16. The molecule has 0 bridgehead atoms. The zero-order chi connectivity index (χ0) is 17.2. The molecule has 0 unspecified atom stereocenters. The first-order valence-electron chi connectivity index (χ1n) is 8.72. The largest absolute Gasteiger partial charge is 0.355 e. The number of fused-ring (bicyclic) bond motifs is 1. The minimum absolute atomic E-state index is 0.210. The molecule has 1 fully saturated rings. The third-order valence-electron chi connectivity index (χ3n) is 4.95. The van der Waals surface area contributed by atoms with E-state index < -0.39 is 0 Å². The number of hydrogen-bond acceptors (Lipinski definition) is 5. The number of piperidine rings is 1. The number of nitrogens with two attached hydrogens (primary N) is 1. The van der Waals surface area contributed by atoms with Crippen molar-refractivity contribution in [2.24, 2.45) is 5.73 Å². The molecule has 6 nitrogen and oxygen atoms in total. The number of hydrogen-bond donors (Lipinski definition) is 1. The van der Waals surface area contributed by atoms with E-state index in [2.05, 4.69) is 27.2 Å². The Morgan fingerprint density at radius 3 is 3.00 bits per heavy atom. The van der Waals surface area contributed by atoms with E-state index in [-0.39, 0.29) is 6.04 Å². The second-order valence-electron chi connectivity index (χ2n) is 6.73. The Balaban J connectivity index is 1.66. The van der Waals surface area contributed by atoms with Crippen molar-refractivity contribution in [2.45, 2.75) is 32.0 Å². The Bertz CT molecular complexity index is 830. The molecule has 0 aliphatic carbocycles. The van der Waals surface area contributed by atoms with Gasteiger partial charge >= 0.3 is 0 Å². The molecule has 1 saturated heterocycles. The van der Waals surface area contributed by atoms with Gasteiger partial charge in [-0.1, -0.05) is 18.2 Å². The van der Waals surface area contributed by atoms with Gasteiger partial charge in [0.15, 0.2) is 0 Å². The quantitative estimate of drug-likeness (QED) is 0.929. The van der Waals surface area contributed by atoms with Crippen LogP contribution >= 0.6 is 0 Å². The van der Waals surface area contributed by atoms with Crippen LogP contribution in [0.5, 0.6) is 0 Å². The van der Waals surface area contributed by atoms with Gasteiger partial charge in [-0.05, 0) is 30.5 Å². The molecule has 2 aromatic rings. The number of nitrogens with zero attached hydrogens (tertiary/aromatic N) is 5. The molecule has 4 rings (SSSR count). The fourth-order valence-corrected chi connectivity index (χ4v) is 3.66. The lowest BCUT2D eigenvalue weighted by molar-refractivity contribution is 0.160. The average molecular weight is 334 g/mol. The number of benzene rings is 1. The first-order chi connectivity index (χ1) is 12.2. The summed E-state index contributed by atoms with van der Waals surface area (Å²) in [5.41, 5.74) is 9.13. The van der Waals surface area contributed by atoms with Crippen LogP contribution in [0.1, 0.15) is 29.7 Å². The Labute approximate surface area is 147 Å². The SMILES string of the molecule is N#Cc1ccccc1CN1Cc2ccnn2C=C1N1CCC[C@@H](N)C1. The summed E-state index contributed by atoms with van der Waals surface area (Å²) < 4.78 is 1.95. The summed E-state index contributed by atoms with van der Waals surface area (Å²) in [4.78, 5) is 4.68. The predicted molar refractivity (Wildman–Crippen MR) is 95.7 cm³/mol.